The van der Waals surface area contributed by atoms with Crippen LogP contribution in [0.4, 0.5) is 11.4 Å². The molecule has 9 nitrogen and oxygen atoms in total. The number of phenols is 1. The van der Waals surface area contributed by atoms with Gasteiger partial charge in [0, 0.05) is 17.8 Å². The van der Waals surface area contributed by atoms with Crippen molar-refractivity contribution in [3.05, 3.63) is 108 Å². The predicted octanol–water partition coefficient (Wildman–Crippen LogP) is 10.2. The van der Waals surface area contributed by atoms with E-state index in [2.05, 4.69) is 95.2 Å². The van der Waals surface area contributed by atoms with Crippen LogP contribution in [-0.2, 0) is 27.3 Å². The molecule has 272 valence electrons. The molecule has 0 saturated carbocycles. The van der Waals surface area contributed by atoms with Crippen LogP contribution in [-0.4, -0.2) is 32.3 Å². The molecule has 1 atom stereocenters. The molecule has 50 heavy (non-hydrogen) atoms. The van der Waals surface area contributed by atoms with Crippen LogP contribution in [0.3, 0.4) is 0 Å². The summed E-state index contributed by atoms with van der Waals surface area (Å²) in [5.41, 5.74) is 1.18. The third kappa shape index (κ3) is 8.97. The number of nitro benzene ring substituents is 2. The minimum absolute atomic E-state index is 0.0393. The van der Waals surface area contributed by atoms with Crippen LogP contribution in [0, 0.1) is 26.1 Å². The van der Waals surface area contributed by atoms with Gasteiger partial charge < -0.3 is 10.2 Å². The highest BCUT2D eigenvalue weighted by Crippen LogP contribution is 2.44. The summed E-state index contributed by atoms with van der Waals surface area (Å²) in [5.74, 6) is -0.692. The summed E-state index contributed by atoms with van der Waals surface area (Å²) in [5, 5.41) is 48.0. The van der Waals surface area contributed by atoms with E-state index in [9.17, 15) is 30.4 Å². The lowest BCUT2D eigenvalue weighted by atomic mass is 9.70. The number of benzene rings is 3. The number of nitrogens with zero attached hydrogens (tertiary/aromatic N) is 3. The standard InChI is InChI=1S/C41H57N3O6/c1-25(2)15-35(42-24-26-16-33(43(47)48)23-34(36(26)45)44(49)50)41(46,31-19-27(37(3,4)5)17-28(20-31)38(6,7)8)32-21-29(39(9,10)11)18-30(22-32)40(12,13)14/h16-25,35,45-46H,15H2,1-14H3. The van der Waals surface area contributed by atoms with Gasteiger partial charge in [-0.1, -0.05) is 133 Å². The number of rotatable bonds is 9. The quantitative estimate of drug-likeness (QED) is 0.130. The summed E-state index contributed by atoms with van der Waals surface area (Å²) in [4.78, 5) is 26.8. The zero-order valence-electron chi connectivity index (χ0n) is 32.4. The first-order valence-electron chi connectivity index (χ1n) is 17.3. The Hall–Kier alpha value is -4.11. The molecule has 0 saturated heterocycles. The van der Waals surface area contributed by atoms with Crippen LogP contribution in [0.15, 0.2) is 53.5 Å². The van der Waals surface area contributed by atoms with Crippen molar-refractivity contribution < 1.29 is 20.1 Å². The van der Waals surface area contributed by atoms with Crippen LogP contribution >= 0.6 is 0 Å². The van der Waals surface area contributed by atoms with Crippen LogP contribution in [0.1, 0.15) is 142 Å². The van der Waals surface area contributed by atoms with Crippen molar-refractivity contribution in [2.45, 2.75) is 137 Å². The Labute approximate surface area is 298 Å². The Kier molecular flexibility index (Phi) is 11.2. The lowest BCUT2D eigenvalue weighted by molar-refractivity contribution is -0.394. The Morgan fingerprint density at radius 3 is 1.30 bits per heavy atom. The van der Waals surface area contributed by atoms with Gasteiger partial charge in [-0.15, -0.1) is 0 Å². The second-order valence-corrected chi connectivity index (χ2v) is 18.2. The number of non-ortho nitro benzene ring substituents is 1. The fourth-order valence-corrected chi connectivity index (χ4v) is 5.90. The molecule has 3 aromatic carbocycles. The Morgan fingerprint density at radius 2 is 1.00 bits per heavy atom. The predicted molar refractivity (Wildman–Crippen MR) is 203 cm³/mol. The van der Waals surface area contributed by atoms with Crippen molar-refractivity contribution >= 4 is 17.6 Å². The maximum atomic E-state index is 13.7. The Bertz CT molecular complexity index is 1640. The van der Waals surface area contributed by atoms with Crippen molar-refractivity contribution in [2.24, 2.45) is 10.9 Å². The molecule has 0 heterocycles. The Balaban J connectivity index is 2.58. The van der Waals surface area contributed by atoms with Crippen molar-refractivity contribution in [1.29, 1.82) is 0 Å². The summed E-state index contributed by atoms with van der Waals surface area (Å²) in [6.45, 7) is 29.7. The van der Waals surface area contributed by atoms with Crippen LogP contribution in [0.25, 0.3) is 0 Å². The number of aliphatic imine (C=N–C) groups is 1. The lowest BCUT2D eigenvalue weighted by Crippen LogP contribution is -2.42. The second-order valence-electron chi connectivity index (χ2n) is 18.2. The highest BCUT2D eigenvalue weighted by Gasteiger charge is 2.43. The molecule has 0 spiro atoms. The van der Waals surface area contributed by atoms with Gasteiger partial charge in [-0.2, -0.15) is 0 Å². The van der Waals surface area contributed by atoms with Gasteiger partial charge in [-0.3, -0.25) is 25.2 Å². The van der Waals surface area contributed by atoms with Gasteiger partial charge in [0.2, 0.25) is 5.75 Å². The van der Waals surface area contributed by atoms with Gasteiger partial charge in [0.25, 0.3) is 5.69 Å². The van der Waals surface area contributed by atoms with Crippen molar-refractivity contribution in [1.82, 2.24) is 0 Å². The molecule has 0 radical (unpaired) electrons. The van der Waals surface area contributed by atoms with Crippen LogP contribution in [0.2, 0.25) is 0 Å². The number of aliphatic hydroxyl groups is 1. The zero-order valence-corrected chi connectivity index (χ0v) is 32.4. The average Bonchev–Trinajstić information content (AvgIpc) is 2.96. The van der Waals surface area contributed by atoms with E-state index in [4.69, 9.17) is 4.99 Å². The summed E-state index contributed by atoms with van der Waals surface area (Å²) >= 11 is 0. The highest BCUT2D eigenvalue weighted by molar-refractivity contribution is 5.87. The van der Waals surface area contributed by atoms with Gasteiger partial charge in [0.15, 0.2) is 0 Å². The zero-order chi connectivity index (χ0) is 38.4. The van der Waals surface area contributed by atoms with E-state index in [-0.39, 0.29) is 33.1 Å². The van der Waals surface area contributed by atoms with E-state index < -0.39 is 38.6 Å². The summed E-state index contributed by atoms with van der Waals surface area (Å²) < 4.78 is 0. The largest absolute Gasteiger partial charge is 0.502 e. The van der Waals surface area contributed by atoms with E-state index in [1.165, 1.54) is 6.21 Å². The first-order valence-corrected chi connectivity index (χ1v) is 17.3. The summed E-state index contributed by atoms with van der Waals surface area (Å²) in [6.07, 6.45) is 1.61. The molecule has 2 N–H and O–H groups in total. The molecule has 3 aromatic rings. The normalized spacial score (nSPS) is 14.0. The van der Waals surface area contributed by atoms with Crippen LogP contribution < -0.4 is 0 Å². The first-order chi connectivity index (χ1) is 22.6. The van der Waals surface area contributed by atoms with Crippen LogP contribution in [0.5, 0.6) is 5.75 Å². The minimum Gasteiger partial charge on any atom is -0.502 e. The first kappa shape index (κ1) is 40.3. The fourth-order valence-electron chi connectivity index (χ4n) is 5.90. The smallest absolute Gasteiger partial charge is 0.318 e. The molecule has 9 heteroatoms. The molecule has 0 aliphatic carbocycles. The highest BCUT2D eigenvalue weighted by atomic mass is 16.6. The van der Waals surface area contributed by atoms with Gasteiger partial charge in [0.05, 0.1) is 22.0 Å². The van der Waals surface area contributed by atoms with Crippen molar-refractivity contribution in [3.8, 4) is 5.75 Å². The lowest BCUT2D eigenvalue weighted by Gasteiger charge is -2.39. The molecule has 0 fully saturated rings. The molecule has 0 aliphatic heterocycles. The summed E-state index contributed by atoms with van der Waals surface area (Å²) in [6, 6.07) is 13.5. The van der Waals surface area contributed by atoms with Gasteiger partial charge in [0.1, 0.15) is 5.60 Å². The van der Waals surface area contributed by atoms with E-state index in [1.54, 1.807) is 0 Å². The molecule has 3 rings (SSSR count). The maximum absolute atomic E-state index is 13.7. The topological polar surface area (TPSA) is 139 Å². The van der Waals surface area contributed by atoms with Gasteiger partial charge in [-0.25, -0.2) is 0 Å². The van der Waals surface area contributed by atoms with E-state index in [0.29, 0.717) is 17.5 Å². The molecule has 0 bridgehead atoms. The van der Waals surface area contributed by atoms with E-state index >= 15 is 0 Å². The van der Waals surface area contributed by atoms with E-state index in [1.807, 2.05) is 38.1 Å². The number of hydrogen-bond acceptors (Lipinski definition) is 7. The molecular weight excluding hydrogens is 630 g/mol. The van der Waals surface area contributed by atoms with Gasteiger partial charge >= 0.3 is 5.69 Å². The number of aromatic hydroxyl groups is 1. The molecular formula is C41H57N3O6. The average molecular weight is 688 g/mol. The second kappa shape index (κ2) is 13.9. The van der Waals surface area contributed by atoms with Crippen molar-refractivity contribution in [3.63, 3.8) is 0 Å². The molecule has 0 amide bonds. The Morgan fingerprint density at radius 1 is 0.640 bits per heavy atom. The number of phenolic OH excluding ortho intramolecular Hbond substituents is 1. The monoisotopic (exact) mass is 687 g/mol. The summed E-state index contributed by atoms with van der Waals surface area (Å²) in [7, 11) is 0. The van der Waals surface area contributed by atoms with Crippen molar-refractivity contribution in [2.75, 3.05) is 0 Å². The maximum Gasteiger partial charge on any atom is 0.318 e. The number of nitro groups is 2. The number of hydrogen-bond donors (Lipinski definition) is 2. The minimum atomic E-state index is -1.73. The van der Waals surface area contributed by atoms with Gasteiger partial charge in [-0.05, 0) is 67.4 Å². The molecule has 0 aromatic heterocycles. The molecule has 1 unspecified atom stereocenters. The third-order valence-corrected chi connectivity index (χ3v) is 9.29. The fraction of sp³-hybridized carbons (Fsp3) is 0.537. The third-order valence-electron chi connectivity index (χ3n) is 9.29. The molecule has 0 aliphatic rings. The van der Waals surface area contributed by atoms with E-state index in [0.717, 1.165) is 34.4 Å². The SMILES string of the molecule is CC(C)CC(N=Cc1cc([N+](=O)[O-])cc([N+](=O)[O-])c1O)C(O)(c1cc(C(C)(C)C)cc(C(C)(C)C)c1)c1cc(C(C)(C)C)cc(C(C)(C)C)c1.